The van der Waals surface area contributed by atoms with E-state index in [2.05, 4.69) is 0 Å². The third-order valence-electron chi connectivity index (χ3n) is 3.68. The molecule has 5 heteroatoms. The van der Waals surface area contributed by atoms with Gasteiger partial charge in [-0.3, -0.25) is 0 Å². The third-order valence-corrected chi connectivity index (χ3v) is 3.93. The molecule has 0 N–H and O–H groups in total. The highest BCUT2D eigenvalue weighted by Crippen LogP contribution is 2.34. The Morgan fingerprint density at radius 3 is 2.57 bits per heavy atom. The Labute approximate surface area is 139 Å². The Kier molecular flexibility index (Phi) is 5.21. The first-order valence-corrected chi connectivity index (χ1v) is 7.62. The predicted octanol–water partition coefficient (Wildman–Crippen LogP) is 3.69. The number of carbonyl (C=O) groups is 1. The van der Waals surface area contributed by atoms with Gasteiger partial charge in [-0.15, -0.1) is 11.6 Å². The van der Waals surface area contributed by atoms with Gasteiger partial charge in [-0.1, -0.05) is 36.4 Å². The minimum absolute atomic E-state index is 0.126. The maximum absolute atomic E-state index is 12.5. The van der Waals surface area contributed by atoms with Gasteiger partial charge in [-0.2, -0.15) is 10.5 Å². The molecule has 0 spiro atoms. The number of alkyl halides is 1. The quantitative estimate of drug-likeness (QED) is 0.620. The summed E-state index contributed by atoms with van der Waals surface area (Å²) < 4.78 is 5.08. The molecule has 0 saturated carbocycles. The molecule has 4 nitrogen and oxygen atoms in total. The Morgan fingerprint density at radius 2 is 1.96 bits per heavy atom. The molecule has 2 atom stereocenters. The topological polar surface area (TPSA) is 73.9 Å². The number of carbonyl (C=O) groups excluding carboxylic acids is 1. The third kappa shape index (κ3) is 3.28. The maximum atomic E-state index is 12.5. The van der Waals surface area contributed by atoms with Crippen LogP contribution in [0.2, 0.25) is 0 Å². The Hall–Kier alpha value is -2.56. The van der Waals surface area contributed by atoms with Crippen molar-refractivity contribution in [1.29, 1.82) is 10.5 Å². The monoisotopic (exact) mass is 326 g/mol. The van der Waals surface area contributed by atoms with Crippen molar-refractivity contribution >= 4 is 28.3 Å². The van der Waals surface area contributed by atoms with Gasteiger partial charge in [0, 0.05) is 6.42 Å². The van der Waals surface area contributed by atoms with Gasteiger partial charge in [0.1, 0.15) is 5.38 Å². The van der Waals surface area contributed by atoms with Gasteiger partial charge in [0.15, 0.2) is 5.41 Å². The number of hydrogen-bond acceptors (Lipinski definition) is 4. The fourth-order valence-corrected chi connectivity index (χ4v) is 2.73. The number of hydrogen-bond donors (Lipinski definition) is 0. The largest absolute Gasteiger partial charge is 0.465 e. The van der Waals surface area contributed by atoms with E-state index >= 15 is 0 Å². The van der Waals surface area contributed by atoms with Gasteiger partial charge in [0.25, 0.3) is 0 Å². The van der Waals surface area contributed by atoms with Crippen LogP contribution in [-0.4, -0.2) is 18.0 Å². The van der Waals surface area contributed by atoms with Crippen LogP contribution in [0.3, 0.4) is 0 Å². The van der Waals surface area contributed by atoms with E-state index in [9.17, 15) is 10.1 Å². The molecule has 0 aliphatic rings. The van der Waals surface area contributed by atoms with Crippen LogP contribution in [0, 0.1) is 22.7 Å². The van der Waals surface area contributed by atoms with Crippen molar-refractivity contribution in [3.63, 3.8) is 0 Å². The average molecular weight is 327 g/mol. The molecule has 2 rings (SSSR count). The van der Waals surface area contributed by atoms with Crippen LogP contribution in [0.4, 0.5) is 0 Å². The minimum atomic E-state index is -1.60. The van der Waals surface area contributed by atoms with Crippen molar-refractivity contribution in [1.82, 2.24) is 0 Å². The molecule has 2 aromatic carbocycles. The molecular weight excluding hydrogens is 312 g/mol. The molecule has 23 heavy (non-hydrogen) atoms. The number of ether oxygens (including phenoxy) is 1. The average Bonchev–Trinajstić information content (AvgIpc) is 2.59. The van der Waals surface area contributed by atoms with E-state index in [1.165, 1.54) is 0 Å². The fraction of sp³-hybridized carbons (Fsp3) is 0.278. The van der Waals surface area contributed by atoms with E-state index in [-0.39, 0.29) is 13.0 Å². The second-order valence-electron chi connectivity index (χ2n) is 5.10. The molecule has 0 heterocycles. The highest BCUT2D eigenvalue weighted by molar-refractivity contribution is 6.22. The van der Waals surface area contributed by atoms with Gasteiger partial charge in [-0.25, -0.2) is 4.79 Å². The van der Waals surface area contributed by atoms with Gasteiger partial charge in [0.05, 0.1) is 18.7 Å². The highest BCUT2D eigenvalue weighted by atomic mass is 35.5. The number of rotatable bonds is 5. The summed E-state index contributed by atoms with van der Waals surface area (Å²) in [6, 6.07) is 16.9. The van der Waals surface area contributed by atoms with E-state index in [0.29, 0.717) is 5.56 Å². The molecule has 0 amide bonds. The van der Waals surface area contributed by atoms with Gasteiger partial charge < -0.3 is 4.74 Å². The molecule has 116 valence electrons. The van der Waals surface area contributed by atoms with Gasteiger partial charge in [0.2, 0.25) is 0 Å². The number of nitriles is 2. The van der Waals surface area contributed by atoms with Crippen LogP contribution >= 0.6 is 11.6 Å². The van der Waals surface area contributed by atoms with E-state index in [4.69, 9.17) is 21.6 Å². The number of esters is 1. The molecule has 0 bridgehead atoms. The molecule has 0 aromatic heterocycles. The summed E-state index contributed by atoms with van der Waals surface area (Å²) in [5.41, 5.74) is -1.11. The molecule has 0 fully saturated rings. The van der Waals surface area contributed by atoms with Crippen molar-refractivity contribution in [2.24, 2.45) is 0 Å². The summed E-state index contributed by atoms with van der Waals surface area (Å²) in [4.78, 5) is 12.5. The first-order valence-electron chi connectivity index (χ1n) is 7.19. The zero-order chi connectivity index (χ0) is 16.9. The first kappa shape index (κ1) is 16.8. The summed E-state index contributed by atoms with van der Waals surface area (Å²) in [7, 11) is 0. The number of halogens is 1. The van der Waals surface area contributed by atoms with Crippen molar-refractivity contribution < 1.29 is 9.53 Å². The van der Waals surface area contributed by atoms with Crippen molar-refractivity contribution in [2.45, 2.75) is 24.1 Å². The van der Waals surface area contributed by atoms with Crippen molar-refractivity contribution in [3.8, 4) is 12.1 Å². The molecule has 0 radical (unpaired) electrons. The summed E-state index contributed by atoms with van der Waals surface area (Å²) in [6.45, 7) is 1.82. The van der Waals surface area contributed by atoms with Gasteiger partial charge in [-0.05, 0) is 29.3 Å². The van der Waals surface area contributed by atoms with Crippen LogP contribution in [0.5, 0.6) is 0 Å². The number of fused-ring (bicyclic) bond motifs is 1. The van der Waals surface area contributed by atoms with Crippen molar-refractivity contribution in [2.75, 3.05) is 6.61 Å². The molecule has 2 aromatic rings. The first-order chi connectivity index (χ1) is 11.1. The van der Waals surface area contributed by atoms with E-state index < -0.39 is 16.8 Å². The zero-order valence-electron chi connectivity index (χ0n) is 12.6. The molecule has 0 aliphatic heterocycles. The minimum Gasteiger partial charge on any atom is -0.465 e. The predicted molar refractivity (Wildman–Crippen MR) is 87.7 cm³/mol. The molecular formula is C18H15ClN2O2. The number of benzene rings is 2. The lowest BCUT2D eigenvalue weighted by atomic mass is 9.77. The lowest BCUT2D eigenvalue weighted by Gasteiger charge is -2.25. The highest BCUT2D eigenvalue weighted by Gasteiger charge is 2.44. The van der Waals surface area contributed by atoms with Crippen LogP contribution < -0.4 is 0 Å². The lowest BCUT2D eigenvalue weighted by Crippen LogP contribution is -2.38. The van der Waals surface area contributed by atoms with E-state index in [0.717, 1.165) is 10.8 Å². The maximum Gasteiger partial charge on any atom is 0.331 e. The summed E-state index contributed by atoms with van der Waals surface area (Å²) in [5.74, 6) is -0.682. The lowest BCUT2D eigenvalue weighted by molar-refractivity contribution is -0.148. The van der Waals surface area contributed by atoms with Crippen molar-refractivity contribution in [3.05, 3.63) is 48.0 Å². The Bertz CT molecular complexity index is 807. The van der Waals surface area contributed by atoms with E-state index in [1.54, 1.807) is 19.1 Å². The van der Waals surface area contributed by atoms with Crippen LogP contribution in [0.25, 0.3) is 10.8 Å². The summed E-state index contributed by atoms with van der Waals surface area (Å²) in [5, 5.41) is 19.6. The second kappa shape index (κ2) is 7.13. The normalized spacial score (nSPS) is 14.3. The molecule has 0 aliphatic carbocycles. The Balaban J connectivity index is 2.60. The zero-order valence-corrected chi connectivity index (χ0v) is 13.4. The van der Waals surface area contributed by atoms with Gasteiger partial charge >= 0.3 is 5.97 Å². The second-order valence-corrected chi connectivity index (χ2v) is 5.63. The molecule has 0 unspecified atom stereocenters. The van der Waals surface area contributed by atoms with Crippen LogP contribution in [-0.2, 0) is 14.9 Å². The SMILES string of the molecule is CCOC(=O)[C@](C#N)(C[C@H](Cl)C#N)c1ccc2ccccc2c1. The Morgan fingerprint density at radius 1 is 1.26 bits per heavy atom. The fourth-order valence-electron chi connectivity index (χ4n) is 2.50. The van der Waals surface area contributed by atoms with Crippen LogP contribution in [0.1, 0.15) is 18.9 Å². The van der Waals surface area contributed by atoms with Crippen LogP contribution in [0.15, 0.2) is 42.5 Å². The smallest absolute Gasteiger partial charge is 0.331 e. The van der Waals surface area contributed by atoms with E-state index in [1.807, 2.05) is 42.5 Å². The summed E-state index contributed by atoms with van der Waals surface area (Å²) in [6.07, 6.45) is -0.126. The number of nitrogens with zero attached hydrogens (tertiary/aromatic N) is 2. The standard InChI is InChI=1S/C18H15ClN2O2/c1-2-23-17(22)18(12-21,10-16(19)11-20)15-8-7-13-5-3-4-6-14(13)9-15/h3-9,16H,2,10H2,1H3/t16-,18-/m0/s1. The molecule has 0 saturated heterocycles. The summed E-state index contributed by atoms with van der Waals surface area (Å²) >= 11 is 5.92.